The van der Waals surface area contributed by atoms with Gasteiger partial charge in [-0.25, -0.2) is 4.98 Å². The summed E-state index contributed by atoms with van der Waals surface area (Å²) in [6.07, 6.45) is 5.42. The van der Waals surface area contributed by atoms with Gasteiger partial charge in [-0.2, -0.15) is 0 Å². The fourth-order valence-electron chi connectivity index (χ4n) is 2.56. The highest BCUT2D eigenvalue weighted by atomic mass is 35.5. The average molecular weight is 322 g/mol. The Morgan fingerprint density at radius 3 is 2.57 bits per heavy atom. The Hall–Kier alpha value is -2.85. The number of phenols is 1. The van der Waals surface area contributed by atoms with E-state index in [1.54, 1.807) is 24.5 Å². The number of aromatic hydroxyl groups is 1. The smallest absolute Gasteiger partial charge is 0.155 e. The number of fused-ring (bicyclic) bond motifs is 1. The molecule has 0 unspecified atom stereocenters. The molecule has 1 N–H and O–H groups in total. The number of rotatable bonds is 2. The van der Waals surface area contributed by atoms with Crippen LogP contribution in [0.4, 0.5) is 0 Å². The van der Waals surface area contributed by atoms with Crippen LogP contribution in [0.15, 0.2) is 67.1 Å². The second kappa shape index (κ2) is 5.41. The topological polar surface area (TPSA) is 50.4 Å². The Morgan fingerprint density at radius 2 is 1.74 bits per heavy atom. The standard InChI is InChI=1S/C18H12ClN3O/c19-14-5-1-3-12(7-14)16-11-22-17(9-21-18(22)10-20-16)13-4-2-6-15(23)8-13/h1-11,23H. The molecule has 0 fully saturated rings. The first-order chi connectivity index (χ1) is 11.2. The Labute approximate surface area is 137 Å². The van der Waals surface area contributed by atoms with E-state index in [-0.39, 0.29) is 5.75 Å². The molecule has 0 saturated carbocycles. The molecule has 0 amide bonds. The quantitative estimate of drug-likeness (QED) is 0.594. The molecule has 0 saturated heterocycles. The van der Waals surface area contributed by atoms with Gasteiger partial charge in [0.25, 0.3) is 0 Å². The minimum atomic E-state index is 0.224. The number of hydrogen-bond acceptors (Lipinski definition) is 3. The van der Waals surface area contributed by atoms with Crippen LogP contribution in [0.3, 0.4) is 0 Å². The van der Waals surface area contributed by atoms with Gasteiger partial charge < -0.3 is 5.11 Å². The molecular weight excluding hydrogens is 310 g/mol. The maximum atomic E-state index is 9.69. The van der Waals surface area contributed by atoms with Crippen molar-refractivity contribution in [2.24, 2.45) is 0 Å². The van der Waals surface area contributed by atoms with E-state index in [9.17, 15) is 5.11 Å². The molecule has 0 aliphatic rings. The van der Waals surface area contributed by atoms with Crippen LogP contribution in [0.25, 0.3) is 28.2 Å². The van der Waals surface area contributed by atoms with E-state index in [1.165, 1.54) is 0 Å². The molecule has 4 nitrogen and oxygen atoms in total. The molecule has 2 heterocycles. The Kier molecular flexibility index (Phi) is 3.24. The summed E-state index contributed by atoms with van der Waals surface area (Å²) in [6, 6.07) is 14.7. The van der Waals surface area contributed by atoms with Crippen LogP contribution < -0.4 is 0 Å². The van der Waals surface area contributed by atoms with Crippen molar-refractivity contribution in [1.82, 2.24) is 14.4 Å². The Balaban J connectivity index is 1.90. The number of nitrogens with zero attached hydrogens (tertiary/aromatic N) is 3. The maximum Gasteiger partial charge on any atom is 0.155 e. The van der Waals surface area contributed by atoms with Crippen LogP contribution in [0, 0.1) is 0 Å². The predicted octanol–water partition coefficient (Wildman–Crippen LogP) is 4.42. The fourth-order valence-corrected chi connectivity index (χ4v) is 2.76. The van der Waals surface area contributed by atoms with Gasteiger partial charge in [0, 0.05) is 22.3 Å². The Morgan fingerprint density at radius 1 is 0.913 bits per heavy atom. The summed E-state index contributed by atoms with van der Waals surface area (Å²) in [7, 11) is 0. The maximum absolute atomic E-state index is 9.69. The first kappa shape index (κ1) is 13.8. The van der Waals surface area contributed by atoms with Gasteiger partial charge in [-0.1, -0.05) is 35.9 Å². The number of imidazole rings is 1. The lowest BCUT2D eigenvalue weighted by molar-refractivity contribution is 0.475. The third kappa shape index (κ3) is 2.53. The van der Waals surface area contributed by atoms with Crippen molar-refractivity contribution in [1.29, 1.82) is 0 Å². The number of benzene rings is 2. The predicted molar refractivity (Wildman–Crippen MR) is 90.5 cm³/mol. The normalized spacial score (nSPS) is 11.0. The van der Waals surface area contributed by atoms with Crippen molar-refractivity contribution in [2.45, 2.75) is 0 Å². The van der Waals surface area contributed by atoms with Gasteiger partial charge in [-0.15, -0.1) is 0 Å². The van der Waals surface area contributed by atoms with E-state index in [1.807, 2.05) is 47.0 Å². The highest BCUT2D eigenvalue weighted by Crippen LogP contribution is 2.26. The summed E-state index contributed by atoms with van der Waals surface area (Å²) in [4.78, 5) is 8.82. The molecule has 0 aliphatic heterocycles. The third-order valence-corrected chi connectivity index (χ3v) is 3.89. The van der Waals surface area contributed by atoms with Crippen molar-refractivity contribution in [3.05, 3.63) is 72.1 Å². The lowest BCUT2D eigenvalue weighted by atomic mass is 10.1. The van der Waals surface area contributed by atoms with Crippen LogP contribution >= 0.6 is 11.6 Å². The van der Waals surface area contributed by atoms with E-state index < -0.39 is 0 Å². The molecule has 0 spiro atoms. The number of hydrogen-bond donors (Lipinski definition) is 1. The molecule has 0 bridgehead atoms. The van der Waals surface area contributed by atoms with Crippen LogP contribution in [-0.4, -0.2) is 19.5 Å². The first-order valence-corrected chi connectivity index (χ1v) is 7.47. The van der Waals surface area contributed by atoms with Crippen molar-refractivity contribution >= 4 is 17.2 Å². The number of aromatic nitrogens is 3. The van der Waals surface area contributed by atoms with Crippen molar-refractivity contribution in [3.8, 4) is 28.3 Å². The molecule has 0 atom stereocenters. The summed E-state index contributed by atoms with van der Waals surface area (Å²) < 4.78 is 1.96. The molecule has 5 heteroatoms. The van der Waals surface area contributed by atoms with Gasteiger partial charge in [0.15, 0.2) is 5.65 Å². The first-order valence-electron chi connectivity index (χ1n) is 7.09. The SMILES string of the molecule is Oc1cccc(-c2cnc3cnc(-c4cccc(Cl)c4)cn23)c1. The van der Waals surface area contributed by atoms with Crippen LogP contribution in [0.2, 0.25) is 5.02 Å². The summed E-state index contributed by atoms with van der Waals surface area (Å²) in [5.74, 6) is 0.224. The molecular formula is C18H12ClN3O. The highest BCUT2D eigenvalue weighted by molar-refractivity contribution is 6.30. The molecule has 23 heavy (non-hydrogen) atoms. The average Bonchev–Trinajstić information content (AvgIpc) is 2.98. The van der Waals surface area contributed by atoms with Gasteiger partial charge in [0.05, 0.1) is 23.8 Å². The van der Waals surface area contributed by atoms with Crippen molar-refractivity contribution < 1.29 is 5.11 Å². The molecule has 4 aromatic rings. The van der Waals surface area contributed by atoms with E-state index in [2.05, 4.69) is 9.97 Å². The molecule has 112 valence electrons. The van der Waals surface area contributed by atoms with Gasteiger partial charge in [0.2, 0.25) is 0 Å². The van der Waals surface area contributed by atoms with Crippen LogP contribution in [0.1, 0.15) is 0 Å². The molecule has 4 rings (SSSR count). The van der Waals surface area contributed by atoms with Gasteiger partial charge in [-0.3, -0.25) is 9.38 Å². The zero-order chi connectivity index (χ0) is 15.8. The summed E-state index contributed by atoms with van der Waals surface area (Å²) in [6.45, 7) is 0. The largest absolute Gasteiger partial charge is 0.508 e. The van der Waals surface area contributed by atoms with Crippen LogP contribution in [-0.2, 0) is 0 Å². The minimum Gasteiger partial charge on any atom is -0.508 e. The lowest BCUT2D eigenvalue weighted by Gasteiger charge is -2.06. The molecule has 0 aliphatic carbocycles. The van der Waals surface area contributed by atoms with Crippen molar-refractivity contribution in [3.63, 3.8) is 0 Å². The zero-order valence-electron chi connectivity index (χ0n) is 12.0. The van der Waals surface area contributed by atoms with Gasteiger partial charge in [0.1, 0.15) is 5.75 Å². The molecule has 2 aromatic heterocycles. The second-order valence-corrected chi connectivity index (χ2v) is 5.64. The lowest BCUT2D eigenvalue weighted by Crippen LogP contribution is -1.93. The molecule has 2 aromatic carbocycles. The van der Waals surface area contributed by atoms with Gasteiger partial charge in [-0.05, 0) is 24.3 Å². The van der Waals surface area contributed by atoms with Crippen LogP contribution in [0.5, 0.6) is 5.75 Å². The van der Waals surface area contributed by atoms with Gasteiger partial charge >= 0.3 is 0 Å². The third-order valence-electron chi connectivity index (χ3n) is 3.66. The summed E-state index contributed by atoms with van der Waals surface area (Å²) in [5.41, 5.74) is 4.27. The second-order valence-electron chi connectivity index (χ2n) is 5.20. The van der Waals surface area contributed by atoms with E-state index >= 15 is 0 Å². The van der Waals surface area contributed by atoms with Crippen molar-refractivity contribution in [2.75, 3.05) is 0 Å². The summed E-state index contributed by atoms with van der Waals surface area (Å²) >= 11 is 6.06. The summed E-state index contributed by atoms with van der Waals surface area (Å²) in [5, 5.41) is 10.4. The fraction of sp³-hybridized carbons (Fsp3) is 0. The number of halogens is 1. The molecule has 0 radical (unpaired) electrons. The minimum absolute atomic E-state index is 0.224. The monoisotopic (exact) mass is 321 g/mol. The Bertz CT molecular complexity index is 1010. The highest BCUT2D eigenvalue weighted by Gasteiger charge is 2.09. The van der Waals surface area contributed by atoms with E-state index in [0.717, 1.165) is 28.2 Å². The van der Waals surface area contributed by atoms with E-state index in [0.29, 0.717) is 5.02 Å². The van der Waals surface area contributed by atoms with E-state index in [4.69, 9.17) is 11.6 Å². The zero-order valence-corrected chi connectivity index (χ0v) is 12.8. The number of phenolic OH excluding ortho intramolecular Hbond substituents is 1.